The molecule has 0 aliphatic heterocycles. The first-order valence-electron chi connectivity index (χ1n) is 5.52. The highest BCUT2D eigenvalue weighted by Crippen LogP contribution is 2.16. The molecule has 0 saturated carbocycles. The van der Waals surface area contributed by atoms with E-state index in [4.69, 9.17) is 15.6 Å². The highest BCUT2D eigenvalue weighted by Gasteiger charge is 2.24. The Morgan fingerprint density at radius 3 is 2.48 bits per heavy atom. The van der Waals surface area contributed by atoms with Crippen molar-refractivity contribution in [1.82, 2.24) is 9.29 Å². The standard InChI is InChI=1S/C12H10N4O4S/c13-3-5-16(6-4-14)21(19,20)11-7-10(8-15-9-11)1-2-12(17)18/h1-2,7-9H,5-6H2,(H,17,18). The van der Waals surface area contributed by atoms with E-state index in [9.17, 15) is 13.2 Å². The van der Waals surface area contributed by atoms with Crippen molar-refractivity contribution >= 4 is 22.1 Å². The van der Waals surface area contributed by atoms with Gasteiger partial charge in [-0.1, -0.05) is 0 Å². The number of aromatic nitrogens is 1. The number of pyridine rings is 1. The van der Waals surface area contributed by atoms with Crippen molar-refractivity contribution in [2.24, 2.45) is 0 Å². The number of aliphatic carboxylic acids is 1. The Bertz CT molecular complexity index is 727. The number of nitrogens with zero attached hydrogens (tertiary/aromatic N) is 4. The second-order valence-electron chi connectivity index (χ2n) is 3.71. The molecule has 0 aliphatic carbocycles. The molecule has 0 bridgehead atoms. The number of carboxylic acid groups (broad SMARTS) is 1. The van der Waals surface area contributed by atoms with Gasteiger partial charge < -0.3 is 5.11 Å². The molecule has 1 heterocycles. The van der Waals surface area contributed by atoms with Gasteiger partial charge in [-0.25, -0.2) is 13.2 Å². The van der Waals surface area contributed by atoms with Gasteiger partial charge in [-0.3, -0.25) is 4.98 Å². The van der Waals surface area contributed by atoms with Crippen LogP contribution in [0, 0.1) is 22.7 Å². The van der Waals surface area contributed by atoms with E-state index in [1.807, 2.05) is 0 Å². The lowest BCUT2D eigenvalue weighted by Gasteiger charge is -2.15. The molecule has 1 rings (SSSR count). The summed E-state index contributed by atoms with van der Waals surface area (Å²) in [5.41, 5.74) is 0.271. The maximum atomic E-state index is 12.2. The van der Waals surface area contributed by atoms with Gasteiger partial charge >= 0.3 is 5.97 Å². The Morgan fingerprint density at radius 1 is 1.33 bits per heavy atom. The van der Waals surface area contributed by atoms with Crippen LogP contribution in [0.4, 0.5) is 0 Å². The molecule has 0 atom stereocenters. The Kier molecular flexibility index (Phi) is 5.55. The third-order valence-corrected chi connectivity index (χ3v) is 4.04. The van der Waals surface area contributed by atoms with Gasteiger partial charge in [0.05, 0.1) is 12.1 Å². The number of hydrogen-bond acceptors (Lipinski definition) is 6. The zero-order chi connectivity index (χ0) is 15.9. The van der Waals surface area contributed by atoms with Crippen molar-refractivity contribution < 1.29 is 18.3 Å². The van der Waals surface area contributed by atoms with Crippen LogP contribution >= 0.6 is 0 Å². The summed E-state index contributed by atoms with van der Waals surface area (Å²) in [6.07, 6.45) is 4.38. The largest absolute Gasteiger partial charge is 0.478 e. The average molecular weight is 306 g/mol. The van der Waals surface area contributed by atoms with Gasteiger partial charge in [0, 0.05) is 18.5 Å². The van der Waals surface area contributed by atoms with Gasteiger partial charge in [0.1, 0.15) is 18.0 Å². The van der Waals surface area contributed by atoms with Gasteiger partial charge in [-0.15, -0.1) is 0 Å². The first-order chi connectivity index (χ1) is 9.91. The highest BCUT2D eigenvalue weighted by molar-refractivity contribution is 7.89. The van der Waals surface area contributed by atoms with E-state index in [1.165, 1.54) is 18.3 Å². The highest BCUT2D eigenvalue weighted by atomic mass is 32.2. The number of carboxylic acids is 1. The maximum absolute atomic E-state index is 12.2. The molecule has 0 amide bonds. The Labute approximate surface area is 121 Å². The molecule has 1 aromatic heterocycles. The third kappa shape index (κ3) is 4.38. The predicted molar refractivity (Wildman–Crippen MR) is 70.9 cm³/mol. The van der Waals surface area contributed by atoms with Gasteiger partial charge in [-0.05, 0) is 17.7 Å². The number of hydrogen-bond donors (Lipinski definition) is 1. The fraction of sp³-hybridized carbons (Fsp3) is 0.167. The SMILES string of the molecule is N#CCN(CC#N)S(=O)(=O)c1cncc(C=CC(=O)O)c1. The van der Waals surface area contributed by atoms with Crippen molar-refractivity contribution in [2.75, 3.05) is 13.1 Å². The van der Waals surface area contributed by atoms with E-state index in [0.717, 1.165) is 12.3 Å². The third-order valence-electron chi connectivity index (χ3n) is 2.28. The molecule has 21 heavy (non-hydrogen) atoms. The smallest absolute Gasteiger partial charge is 0.328 e. The maximum Gasteiger partial charge on any atom is 0.328 e. The minimum absolute atomic E-state index is 0.222. The van der Waals surface area contributed by atoms with Crippen LogP contribution in [0.25, 0.3) is 6.08 Å². The fourth-order valence-electron chi connectivity index (χ4n) is 1.37. The number of nitriles is 2. The van der Waals surface area contributed by atoms with Crippen LogP contribution in [-0.4, -0.2) is 41.9 Å². The normalized spacial score (nSPS) is 11.2. The summed E-state index contributed by atoms with van der Waals surface area (Å²) in [7, 11) is -4.04. The van der Waals surface area contributed by atoms with E-state index in [2.05, 4.69) is 4.98 Å². The number of carbonyl (C=O) groups is 1. The Morgan fingerprint density at radius 2 is 1.95 bits per heavy atom. The Hall–Kier alpha value is -2.75. The average Bonchev–Trinajstić information content (AvgIpc) is 2.45. The monoisotopic (exact) mass is 306 g/mol. The summed E-state index contributed by atoms with van der Waals surface area (Å²) < 4.78 is 25.2. The minimum atomic E-state index is -4.04. The van der Waals surface area contributed by atoms with E-state index in [0.29, 0.717) is 4.31 Å². The van der Waals surface area contributed by atoms with Crippen molar-refractivity contribution in [1.29, 1.82) is 10.5 Å². The molecular formula is C12H10N4O4S. The second kappa shape index (κ2) is 7.14. The van der Waals surface area contributed by atoms with Gasteiger partial charge in [0.15, 0.2) is 0 Å². The molecule has 1 N–H and O–H groups in total. The van der Waals surface area contributed by atoms with Gasteiger partial charge in [0.25, 0.3) is 0 Å². The molecule has 0 radical (unpaired) electrons. The molecule has 0 aliphatic rings. The summed E-state index contributed by atoms with van der Waals surface area (Å²) in [5, 5.41) is 25.8. The summed E-state index contributed by atoms with van der Waals surface area (Å²) in [6, 6.07) is 4.55. The fourth-order valence-corrected chi connectivity index (χ4v) is 2.60. The number of rotatable bonds is 6. The molecule has 0 spiro atoms. The summed E-state index contributed by atoms with van der Waals surface area (Å²) in [6.45, 7) is -0.934. The number of sulfonamides is 1. The predicted octanol–water partition coefficient (Wildman–Crippen LogP) is 0.217. The van der Waals surface area contributed by atoms with Crippen LogP contribution in [0.3, 0.4) is 0 Å². The van der Waals surface area contributed by atoms with E-state index >= 15 is 0 Å². The van der Waals surface area contributed by atoms with Crippen molar-refractivity contribution in [2.45, 2.75) is 4.90 Å². The van der Waals surface area contributed by atoms with E-state index < -0.39 is 29.1 Å². The molecule has 9 heteroatoms. The van der Waals surface area contributed by atoms with E-state index in [-0.39, 0.29) is 10.5 Å². The minimum Gasteiger partial charge on any atom is -0.478 e. The lowest BCUT2D eigenvalue weighted by atomic mass is 10.2. The molecule has 0 aromatic carbocycles. The lowest BCUT2D eigenvalue weighted by molar-refractivity contribution is -0.131. The zero-order valence-corrected chi connectivity index (χ0v) is 11.5. The van der Waals surface area contributed by atoms with Crippen LogP contribution in [0.1, 0.15) is 5.56 Å². The molecule has 0 saturated heterocycles. The Balaban J connectivity index is 3.20. The second-order valence-corrected chi connectivity index (χ2v) is 5.65. The topological polar surface area (TPSA) is 135 Å². The quantitative estimate of drug-likeness (QED) is 0.586. The molecule has 0 unspecified atom stereocenters. The molecule has 8 nitrogen and oxygen atoms in total. The molecule has 0 fully saturated rings. The van der Waals surface area contributed by atoms with Crippen LogP contribution in [-0.2, 0) is 14.8 Å². The van der Waals surface area contributed by atoms with Crippen LogP contribution in [0.15, 0.2) is 29.4 Å². The van der Waals surface area contributed by atoms with E-state index in [1.54, 1.807) is 12.1 Å². The summed E-state index contributed by atoms with van der Waals surface area (Å²) >= 11 is 0. The summed E-state index contributed by atoms with van der Waals surface area (Å²) in [5.74, 6) is -1.18. The van der Waals surface area contributed by atoms with Crippen molar-refractivity contribution in [3.05, 3.63) is 30.1 Å². The van der Waals surface area contributed by atoms with Crippen LogP contribution in [0.5, 0.6) is 0 Å². The van der Waals surface area contributed by atoms with Gasteiger partial charge in [0.2, 0.25) is 10.0 Å². The van der Waals surface area contributed by atoms with Crippen LogP contribution in [0.2, 0.25) is 0 Å². The zero-order valence-electron chi connectivity index (χ0n) is 10.7. The molecular weight excluding hydrogens is 296 g/mol. The van der Waals surface area contributed by atoms with Crippen molar-refractivity contribution in [3.63, 3.8) is 0 Å². The van der Waals surface area contributed by atoms with Crippen LogP contribution < -0.4 is 0 Å². The first kappa shape index (κ1) is 16.3. The molecule has 108 valence electrons. The van der Waals surface area contributed by atoms with Gasteiger partial charge in [-0.2, -0.15) is 14.8 Å². The van der Waals surface area contributed by atoms with Crippen molar-refractivity contribution in [3.8, 4) is 12.1 Å². The first-order valence-corrected chi connectivity index (χ1v) is 6.96. The lowest BCUT2D eigenvalue weighted by Crippen LogP contribution is -2.32. The summed E-state index contributed by atoms with van der Waals surface area (Å²) in [4.78, 5) is 13.9. The molecule has 1 aromatic rings.